The second kappa shape index (κ2) is 14.5. The minimum absolute atomic E-state index is 0.0167. The van der Waals surface area contributed by atoms with E-state index in [0.717, 1.165) is 18.5 Å². The molecular weight excluding hydrogens is 542 g/mol. The van der Waals surface area contributed by atoms with Crippen molar-refractivity contribution in [3.05, 3.63) is 35.7 Å². The third kappa shape index (κ3) is 8.67. The molecule has 0 bridgehead atoms. The monoisotopic (exact) mass is 587 g/mol. The number of carboxylic acids is 1. The van der Waals surface area contributed by atoms with E-state index < -0.39 is 29.6 Å². The zero-order valence-electron chi connectivity index (χ0n) is 25.8. The van der Waals surface area contributed by atoms with Crippen molar-refractivity contribution in [2.75, 3.05) is 40.5 Å². The molecule has 1 aliphatic heterocycles. The smallest absolute Gasteiger partial charge is 0.410 e. The SMILES string of the molecule is COCCCCc1c(C(=O)N(CC(C)C)[C@H]2C[C@@H](C(=O)O)CN(C(=O)OC(C)(C)C)C2)nnn1-c1ccc(OC)cc1. The normalized spacial score (nSPS) is 17.3. The average Bonchev–Trinajstić information content (AvgIpc) is 3.36. The Morgan fingerprint density at radius 2 is 1.79 bits per heavy atom. The Bertz CT molecular complexity index is 1210. The molecule has 0 aliphatic carbocycles. The molecule has 0 saturated carbocycles. The number of carbonyl (C=O) groups excluding carboxylic acids is 2. The van der Waals surface area contributed by atoms with Crippen LogP contribution in [0.25, 0.3) is 5.69 Å². The van der Waals surface area contributed by atoms with Crippen LogP contribution in [0.3, 0.4) is 0 Å². The molecule has 1 aromatic heterocycles. The molecule has 1 fully saturated rings. The van der Waals surface area contributed by atoms with Crippen molar-refractivity contribution >= 4 is 18.0 Å². The van der Waals surface area contributed by atoms with Gasteiger partial charge in [0.25, 0.3) is 5.91 Å². The van der Waals surface area contributed by atoms with Gasteiger partial charge in [-0.1, -0.05) is 19.1 Å². The maximum atomic E-state index is 14.3. The fraction of sp³-hybridized carbons (Fsp3) is 0.633. The number of hydrogen-bond donors (Lipinski definition) is 1. The van der Waals surface area contributed by atoms with E-state index in [1.165, 1.54) is 4.90 Å². The van der Waals surface area contributed by atoms with Crippen molar-refractivity contribution < 1.29 is 33.7 Å². The minimum atomic E-state index is -1.02. The molecule has 3 rings (SSSR count). The molecule has 0 unspecified atom stereocenters. The molecule has 1 aliphatic rings. The van der Waals surface area contributed by atoms with Crippen LogP contribution in [0.2, 0.25) is 0 Å². The number of carboxylic acid groups (broad SMARTS) is 1. The quantitative estimate of drug-likeness (QED) is 0.365. The van der Waals surface area contributed by atoms with Crippen molar-refractivity contribution in [2.45, 2.75) is 71.9 Å². The minimum Gasteiger partial charge on any atom is -0.497 e. The number of likely N-dealkylation sites (tertiary alicyclic amines) is 1. The first-order chi connectivity index (χ1) is 19.8. The number of rotatable bonds is 12. The average molecular weight is 588 g/mol. The highest BCUT2D eigenvalue weighted by Crippen LogP contribution is 2.27. The summed E-state index contributed by atoms with van der Waals surface area (Å²) < 4.78 is 17.7. The molecule has 1 saturated heterocycles. The lowest BCUT2D eigenvalue weighted by Gasteiger charge is -2.42. The topological polar surface area (TPSA) is 136 Å². The molecule has 2 atom stereocenters. The summed E-state index contributed by atoms with van der Waals surface area (Å²) >= 11 is 0. The number of hydrogen-bond acceptors (Lipinski definition) is 8. The summed E-state index contributed by atoms with van der Waals surface area (Å²) in [4.78, 5) is 42.5. The summed E-state index contributed by atoms with van der Waals surface area (Å²) in [7, 11) is 3.24. The van der Waals surface area contributed by atoms with Gasteiger partial charge < -0.3 is 29.1 Å². The molecule has 0 radical (unpaired) electrons. The number of benzene rings is 1. The summed E-state index contributed by atoms with van der Waals surface area (Å²) in [6.07, 6.45) is 1.69. The molecule has 42 heavy (non-hydrogen) atoms. The summed E-state index contributed by atoms with van der Waals surface area (Å²) in [6.45, 7) is 10.4. The van der Waals surface area contributed by atoms with E-state index in [1.807, 2.05) is 38.1 Å². The third-order valence-electron chi connectivity index (χ3n) is 6.99. The number of methoxy groups -OCH3 is 2. The van der Waals surface area contributed by atoms with E-state index in [-0.39, 0.29) is 37.0 Å². The van der Waals surface area contributed by atoms with Crippen LogP contribution in [0.1, 0.15) is 70.1 Å². The van der Waals surface area contributed by atoms with Crippen molar-refractivity contribution in [1.82, 2.24) is 24.8 Å². The standard InChI is InChI=1S/C30H45N5O7/c1-20(2)17-34(23-16-21(28(37)38)18-33(19-23)29(39)42-30(3,4)5)27(36)26-25(10-8-9-15-40-6)35(32-31-26)22-11-13-24(41-7)14-12-22/h11-14,20-21,23H,8-10,15-19H2,1-7H3,(H,37,38)/t21-,23+/m1/s1. The number of carbonyl (C=O) groups is 3. The Morgan fingerprint density at radius 3 is 2.36 bits per heavy atom. The third-order valence-corrected chi connectivity index (χ3v) is 6.99. The van der Waals surface area contributed by atoms with Crippen LogP contribution in [0.5, 0.6) is 5.75 Å². The van der Waals surface area contributed by atoms with Gasteiger partial charge in [0.15, 0.2) is 5.69 Å². The van der Waals surface area contributed by atoms with E-state index in [0.29, 0.717) is 31.0 Å². The Labute approximate surface area is 247 Å². The maximum Gasteiger partial charge on any atom is 0.410 e. The van der Waals surface area contributed by atoms with Gasteiger partial charge in [-0.2, -0.15) is 0 Å². The number of amides is 2. The molecule has 1 aromatic carbocycles. The number of aromatic nitrogens is 3. The molecule has 1 N–H and O–H groups in total. The first-order valence-corrected chi connectivity index (χ1v) is 14.4. The molecule has 232 valence electrons. The number of unbranched alkanes of at least 4 members (excludes halogenated alkanes) is 1. The van der Waals surface area contributed by atoms with Crippen molar-refractivity contribution in [2.24, 2.45) is 11.8 Å². The highest BCUT2D eigenvalue weighted by Gasteiger charge is 2.40. The van der Waals surface area contributed by atoms with Crippen LogP contribution in [-0.4, -0.2) is 100.0 Å². The van der Waals surface area contributed by atoms with Gasteiger partial charge in [-0.05, 0) is 76.6 Å². The number of piperidine rings is 1. The summed E-state index contributed by atoms with van der Waals surface area (Å²) in [5, 5.41) is 18.6. The molecule has 12 heteroatoms. The second-order valence-corrected chi connectivity index (χ2v) is 12.1. The first-order valence-electron chi connectivity index (χ1n) is 14.4. The van der Waals surface area contributed by atoms with Gasteiger partial charge in [-0.3, -0.25) is 9.59 Å². The van der Waals surface area contributed by atoms with Crippen molar-refractivity contribution in [3.63, 3.8) is 0 Å². The van der Waals surface area contributed by atoms with E-state index in [2.05, 4.69) is 10.3 Å². The molecule has 2 amide bonds. The number of nitrogens with zero attached hydrogens (tertiary/aromatic N) is 5. The van der Waals surface area contributed by atoms with Gasteiger partial charge in [0.2, 0.25) is 0 Å². The summed E-state index contributed by atoms with van der Waals surface area (Å²) in [6, 6.07) is 6.79. The fourth-order valence-corrected chi connectivity index (χ4v) is 5.04. The highest BCUT2D eigenvalue weighted by molar-refractivity contribution is 5.94. The predicted octanol–water partition coefficient (Wildman–Crippen LogP) is 4.05. The summed E-state index contributed by atoms with van der Waals surface area (Å²) in [5.41, 5.74) is 0.863. The lowest BCUT2D eigenvalue weighted by atomic mass is 9.92. The maximum absolute atomic E-state index is 14.3. The van der Waals surface area contributed by atoms with Crippen molar-refractivity contribution in [3.8, 4) is 11.4 Å². The molecular formula is C30H45N5O7. The van der Waals surface area contributed by atoms with E-state index in [4.69, 9.17) is 14.2 Å². The molecule has 12 nitrogen and oxygen atoms in total. The van der Waals surface area contributed by atoms with Crippen LogP contribution in [0.15, 0.2) is 24.3 Å². The number of ether oxygens (including phenoxy) is 3. The Kier molecular flexibility index (Phi) is 11.3. The van der Waals surface area contributed by atoms with Gasteiger partial charge in [-0.15, -0.1) is 5.10 Å². The number of aliphatic carboxylic acids is 1. The largest absolute Gasteiger partial charge is 0.497 e. The lowest BCUT2D eigenvalue weighted by Crippen LogP contribution is -2.56. The van der Waals surface area contributed by atoms with Crippen LogP contribution in [0, 0.1) is 11.8 Å². The van der Waals surface area contributed by atoms with Crippen LogP contribution < -0.4 is 4.74 Å². The first kappa shape index (κ1) is 32.8. The second-order valence-electron chi connectivity index (χ2n) is 12.1. The van der Waals surface area contributed by atoms with Crippen molar-refractivity contribution in [1.29, 1.82) is 0 Å². The predicted molar refractivity (Wildman–Crippen MR) is 156 cm³/mol. The van der Waals surface area contributed by atoms with E-state index >= 15 is 0 Å². The van der Waals surface area contributed by atoms with E-state index in [9.17, 15) is 19.5 Å². The van der Waals surface area contributed by atoms with Crippen LogP contribution in [-0.2, 0) is 20.7 Å². The molecule has 2 aromatic rings. The van der Waals surface area contributed by atoms with Gasteiger partial charge in [0, 0.05) is 33.4 Å². The Hall–Kier alpha value is -3.67. The van der Waals surface area contributed by atoms with Crippen LogP contribution >= 0.6 is 0 Å². The van der Waals surface area contributed by atoms with E-state index in [1.54, 1.807) is 44.6 Å². The van der Waals surface area contributed by atoms with Gasteiger partial charge in [0.1, 0.15) is 11.4 Å². The Morgan fingerprint density at radius 1 is 1.10 bits per heavy atom. The van der Waals surface area contributed by atoms with Gasteiger partial charge in [-0.25, -0.2) is 9.48 Å². The zero-order valence-corrected chi connectivity index (χ0v) is 25.8. The van der Waals surface area contributed by atoms with Gasteiger partial charge in [0.05, 0.1) is 30.5 Å². The lowest BCUT2D eigenvalue weighted by molar-refractivity contribution is -0.144. The van der Waals surface area contributed by atoms with Crippen LogP contribution in [0.4, 0.5) is 4.79 Å². The zero-order chi connectivity index (χ0) is 31.0. The molecule has 2 heterocycles. The van der Waals surface area contributed by atoms with Gasteiger partial charge >= 0.3 is 12.1 Å². The highest BCUT2D eigenvalue weighted by atomic mass is 16.6. The molecule has 0 spiro atoms. The fourth-order valence-electron chi connectivity index (χ4n) is 5.04. The Balaban J connectivity index is 2.00. The summed E-state index contributed by atoms with van der Waals surface area (Å²) in [5.74, 6) is -1.43.